The zero-order valence-corrected chi connectivity index (χ0v) is 13.0. The number of nitrogens with one attached hydrogen (secondary N) is 1. The lowest BCUT2D eigenvalue weighted by atomic mass is 10.1. The van der Waals surface area contributed by atoms with Gasteiger partial charge in [-0.15, -0.1) is 0 Å². The monoisotopic (exact) mass is 376 g/mol. The normalized spacial score (nSPS) is 28.9. The van der Waals surface area contributed by atoms with Gasteiger partial charge in [0.15, 0.2) is 12.0 Å². The minimum Gasteiger partial charge on any atom is -0.502 e. The van der Waals surface area contributed by atoms with Crippen LogP contribution in [0.15, 0.2) is 15.8 Å². The summed E-state index contributed by atoms with van der Waals surface area (Å²) in [6, 6.07) is 0. The Morgan fingerprint density at radius 1 is 1.36 bits per heavy atom. The molecule has 10 nitrogen and oxygen atoms in total. The lowest BCUT2D eigenvalue weighted by Gasteiger charge is -2.17. The van der Waals surface area contributed by atoms with Crippen molar-refractivity contribution in [2.45, 2.75) is 24.5 Å². The lowest BCUT2D eigenvalue weighted by Crippen LogP contribution is -2.37. The number of hydrogen-bond donors (Lipinski definition) is 4. The van der Waals surface area contributed by atoms with Gasteiger partial charge in [0.05, 0.1) is 12.8 Å². The molecule has 1 saturated heterocycles. The summed E-state index contributed by atoms with van der Waals surface area (Å²) in [5.41, 5.74) is -1.99. The number of aliphatic hydroxyl groups excluding tert-OH is 2. The smallest absolute Gasteiger partial charge is 0.380 e. The number of aromatic hydroxyl groups is 1. The molecule has 1 aromatic rings. The highest BCUT2D eigenvalue weighted by molar-refractivity contribution is 8.05. The summed E-state index contributed by atoms with van der Waals surface area (Å²) in [7, 11) is 0. The van der Waals surface area contributed by atoms with Crippen molar-refractivity contribution in [1.29, 1.82) is 0 Å². The molecule has 1 aromatic heterocycles. The number of aromatic amines is 1. The van der Waals surface area contributed by atoms with Gasteiger partial charge < -0.3 is 24.6 Å². The van der Waals surface area contributed by atoms with Crippen molar-refractivity contribution in [3.8, 4) is 5.75 Å². The third kappa shape index (κ3) is 3.72. The number of nitrogens with zero attached hydrogens (tertiary/aromatic N) is 1. The fourth-order valence-electron chi connectivity index (χ4n) is 1.92. The van der Waals surface area contributed by atoms with E-state index >= 15 is 0 Å². The first-order valence-electron chi connectivity index (χ1n) is 5.80. The summed E-state index contributed by atoms with van der Waals surface area (Å²) in [4.78, 5) is 24.5. The van der Waals surface area contributed by atoms with Crippen LogP contribution in [0.2, 0.25) is 0 Å². The minimum atomic E-state index is -3.86. The Bertz CT molecular complexity index is 714. The van der Waals surface area contributed by atoms with Gasteiger partial charge in [-0.2, -0.15) is 0 Å². The van der Waals surface area contributed by atoms with Crippen LogP contribution in [0.5, 0.6) is 5.75 Å². The summed E-state index contributed by atoms with van der Waals surface area (Å²) < 4.78 is 21.5. The van der Waals surface area contributed by atoms with Gasteiger partial charge in [-0.05, 0) is 22.5 Å². The molecule has 0 bridgehead atoms. The molecule has 2 heterocycles. The van der Waals surface area contributed by atoms with Crippen LogP contribution in [0.25, 0.3) is 0 Å². The van der Waals surface area contributed by atoms with E-state index < -0.39 is 54.2 Å². The van der Waals surface area contributed by atoms with Gasteiger partial charge in [0.25, 0.3) is 5.56 Å². The van der Waals surface area contributed by atoms with Gasteiger partial charge in [0.1, 0.15) is 18.3 Å². The van der Waals surface area contributed by atoms with E-state index in [4.69, 9.17) is 27.2 Å². The summed E-state index contributed by atoms with van der Waals surface area (Å²) in [6.07, 6.45) is -8.81. The fraction of sp³-hybridized carbons (Fsp3) is 0.556. The Morgan fingerprint density at radius 2 is 2.00 bits per heavy atom. The Morgan fingerprint density at radius 3 is 2.59 bits per heavy atom. The second kappa shape index (κ2) is 6.32. The van der Waals surface area contributed by atoms with E-state index in [9.17, 15) is 29.5 Å². The first-order chi connectivity index (χ1) is 10.1. The Labute approximate surface area is 131 Å². The van der Waals surface area contributed by atoms with Gasteiger partial charge in [-0.3, -0.25) is 18.9 Å². The number of ether oxygens (including phenoxy) is 1. The maximum absolute atomic E-state index is 11.7. The van der Waals surface area contributed by atoms with Crippen molar-refractivity contribution in [3.05, 3.63) is 27.0 Å². The van der Waals surface area contributed by atoms with Crippen LogP contribution in [-0.4, -0.2) is 49.8 Å². The van der Waals surface area contributed by atoms with E-state index in [0.29, 0.717) is 4.57 Å². The van der Waals surface area contributed by atoms with E-state index in [0.717, 1.165) is 6.20 Å². The average molecular weight is 377 g/mol. The van der Waals surface area contributed by atoms with Crippen LogP contribution in [0, 0.1) is 0 Å². The third-order valence-corrected chi connectivity index (χ3v) is 3.98. The second-order valence-corrected chi connectivity index (χ2v) is 8.71. The van der Waals surface area contributed by atoms with E-state index in [1.54, 1.807) is 4.98 Å². The predicted octanol–water partition coefficient (Wildman–Crippen LogP) is -0.536. The zero-order valence-electron chi connectivity index (χ0n) is 10.6. The molecule has 1 unspecified atom stereocenters. The molecule has 0 radical (unpaired) electrons. The van der Waals surface area contributed by atoms with Gasteiger partial charge in [-0.1, -0.05) is 0 Å². The Kier molecular flexibility index (Phi) is 5.03. The van der Waals surface area contributed by atoms with Crippen LogP contribution < -0.4 is 11.2 Å². The van der Waals surface area contributed by atoms with E-state index in [2.05, 4.69) is 4.52 Å². The van der Waals surface area contributed by atoms with Gasteiger partial charge >= 0.3 is 11.8 Å². The first-order valence-corrected chi connectivity index (χ1v) is 9.23. The summed E-state index contributed by atoms with van der Waals surface area (Å²) in [5.74, 6) is -0.782. The molecule has 13 heteroatoms. The molecule has 4 atom stereocenters. The van der Waals surface area contributed by atoms with Gasteiger partial charge in [0, 0.05) is 0 Å². The highest BCUT2D eigenvalue weighted by atomic mass is 35.9. The molecule has 124 valence electrons. The molecule has 0 aromatic carbocycles. The molecule has 4 N–H and O–H groups in total. The highest BCUT2D eigenvalue weighted by Gasteiger charge is 2.45. The molecular formula is C9H11Cl2N2O8P. The zero-order chi connectivity index (χ0) is 16.7. The molecule has 22 heavy (non-hydrogen) atoms. The van der Waals surface area contributed by atoms with Crippen molar-refractivity contribution >= 4 is 28.6 Å². The van der Waals surface area contributed by atoms with E-state index in [1.165, 1.54) is 0 Å². The number of hydrogen-bond acceptors (Lipinski definition) is 8. The topological polar surface area (TPSA) is 151 Å². The van der Waals surface area contributed by atoms with Crippen LogP contribution in [-0.2, 0) is 13.8 Å². The Balaban J connectivity index is 2.23. The molecule has 2 rings (SSSR count). The van der Waals surface area contributed by atoms with Crippen molar-refractivity contribution in [1.82, 2.24) is 9.55 Å². The summed E-state index contributed by atoms with van der Waals surface area (Å²) >= 11 is 10.4. The van der Waals surface area contributed by atoms with Crippen molar-refractivity contribution in [3.63, 3.8) is 0 Å². The van der Waals surface area contributed by atoms with Crippen molar-refractivity contribution in [2.24, 2.45) is 0 Å². The summed E-state index contributed by atoms with van der Waals surface area (Å²) in [6.45, 7) is -0.511. The van der Waals surface area contributed by atoms with Crippen molar-refractivity contribution < 1.29 is 29.1 Å². The fourth-order valence-corrected chi connectivity index (χ4v) is 2.58. The summed E-state index contributed by atoms with van der Waals surface area (Å²) in [5, 5.41) is 29.0. The maximum Gasteiger partial charge on any atom is 0.380 e. The average Bonchev–Trinajstić information content (AvgIpc) is 2.68. The molecule has 1 aliphatic rings. The minimum absolute atomic E-state index is 0.511. The molecule has 0 aliphatic carbocycles. The number of aromatic nitrogens is 2. The maximum atomic E-state index is 11.7. The van der Waals surface area contributed by atoms with Crippen LogP contribution in [0.1, 0.15) is 6.23 Å². The number of aliphatic hydroxyl groups is 2. The van der Waals surface area contributed by atoms with Gasteiger partial charge in [0.2, 0.25) is 0 Å². The largest absolute Gasteiger partial charge is 0.502 e. The standard InChI is InChI=1S/C9H11Cl2N2O8P/c10-22(11,19)20-2-4-5(15)6(16)8(21-4)13-1-3(14)7(17)12-9(13)18/h1,4-6,8,14-16H,2H2,(H,12,17,18)/t4-,5+,6?,8-/m1/s1. The number of rotatable bonds is 4. The SMILES string of the molecule is O=c1[nH]c(=O)n([C@@H]2O[C@H](COP(=O)(Cl)Cl)[C@H](O)C2O)cc1O. The molecule has 1 aliphatic heterocycles. The van der Waals surface area contributed by atoms with E-state index in [1.807, 2.05) is 0 Å². The Hall–Kier alpha value is -0.870. The quantitative estimate of drug-likeness (QED) is 0.511. The first kappa shape index (κ1) is 17.5. The molecular weight excluding hydrogens is 366 g/mol. The van der Waals surface area contributed by atoms with Crippen LogP contribution in [0.4, 0.5) is 0 Å². The number of H-pyrrole nitrogens is 1. The van der Waals surface area contributed by atoms with Crippen LogP contribution in [0.3, 0.4) is 0 Å². The molecule has 0 amide bonds. The molecule has 1 fully saturated rings. The van der Waals surface area contributed by atoms with Crippen molar-refractivity contribution in [2.75, 3.05) is 6.61 Å². The predicted molar refractivity (Wildman–Crippen MR) is 74.2 cm³/mol. The lowest BCUT2D eigenvalue weighted by molar-refractivity contribution is -0.0510. The van der Waals surface area contributed by atoms with E-state index in [-0.39, 0.29) is 0 Å². The number of halogens is 2. The second-order valence-electron chi connectivity index (χ2n) is 4.44. The van der Waals surface area contributed by atoms with Gasteiger partial charge in [-0.25, -0.2) is 4.79 Å². The third-order valence-electron chi connectivity index (χ3n) is 2.95. The highest BCUT2D eigenvalue weighted by Crippen LogP contribution is 2.57. The molecule has 0 saturated carbocycles. The van der Waals surface area contributed by atoms with Crippen LogP contribution >= 0.6 is 28.6 Å². The molecule has 0 spiro atoms.